The van der Waals surface area contributed by atoms with Crippen LogP contribution >= 0.6 is 11.6 Å². The van der Waals surface area contributed by atoms with Crippen LogP contribution in [0.25, 0.3) is 0 Å². The van der Waals surface area contributed by atoms with E-state index in [9.17, 15) is 0 Å². The summed E-state index contributed by atoms with van der Waals surface area (Å²) in [5.41, 5.74) is 1.94. The standard InChI is InChI=1S/C22H23ClN2O3/c1-3-18-13-26-22(28-18,14-25-11-10-24-15-25)17-4-6-19(7-5-17)27-20-8-9-21(23)16(2)12-20/h4-12,15,18H,3,13-14H2,1-2H3. The van der Waals surface area contributed by atoms with Crippen LogP contribution in [0.15, 0.2) is 61.2 Å². The first-order chi connectivity index (χ1) is 13.6. The molecule has 1 saturated heterocycles. The molecule has 1 aliphatic rings. The molecule has 5 nitrogen and oxygen atoms in total. The first kappa shape index (κ1) is 19.0. The van der Waals surface area contributed by atoms with E-state index in [1.54, 1.807) is 12.5 Å². The van der Waals surface area contributed by atoms with Crippen LogP contribution in [-0.2, 0) is 21.8 Å². The molecule has 0 radical (unpaired) electrons. The van der Waals surface area contributed by atoms with Crippen molar-refractivity contribution >= 4 is 11.6 Å². The fourth-order valence-electron chi connectivity index (χ4n) is 3.31. The average molecular weight is 399 g/mol. The molecule has 3 aromatic rings. The van der Waals surface area contributed by atoms with Crippen molar-refractivity contribution in [1.29, 1.82) is 0 Å². The largest absolute Gasteiger partial charge is 0.457 e. The molecular weight excluding hydrogens is 376 g/mol. The summed E-state index contributed by atoms with van der Waals surface area (Å²) in [6.07, 6.45) is 6.42. The van der Waals surface area contributed by atoms with Gasteiger partial charge in [-0.15, -0.1) is 0 Å². The second kappa shape index (κ2) is 7.95. The quantitative estimate of drug-likeness (QED) is 0.564. The van der Waals surface area contributed by atoms with E-state index >= 15 is 0 Å². The predicted molar refractivity (Wildman–Crippen MR) is 108 cm³/mol. The molecule has 2 unspecified atom stereocenters. The van der Waals surface area contributed by atoms with Gasteiger partial charge in [-0.25, -0.2) is 4.98 Å². The molecule has 146 valence electrons. The number of imidazole rings is 1. The van der Waals surface area contributed by atoms with E-state index in [0.717, 1.165) is 34.1 Å². The van der Waals surface area contributed by atoms with Gasteiger partial charge < -0.3 is 18.8 Å². The van der Waals surface area contributed by atoms with E-state index in [-0.39, 0.29) is 6.10 Å². The van der Waals surface area contributed by atoms with E-state index in [4.69, 9.17) is 25.8 Å². The predicted octanol–water partition coefficient (Wildman–Crippen LogP) is 5.32. The summed E-state index contributed by atoms with van der Waals surface area (Å²) in [5.74, 6) is 0.673. The summed E-state index contributed by atoms with van der Waals surface area (Å²) >= 11 is 6.08. The summed E-state index contributed by atoms with van der Waals surface area (Å²) in [6, 6.07) is 13.5. The lowest BCUT2D eigenvalue weighted by atomic mass is 10.1. The minimum Gasteiger partial charge on any atom is -0.457 e. The van der Waals surface area contributed by atoms with Gasteiger partial charge in [0, 0.05) is 23.0 Å². The van der Waals surface area contributed by atoms with Gasteiger partial charge in [-0.05, 0) is 61.4 Å². The molecule has 0 amide bonds. The monoisotopic (exact) mass is 398 g/mol. The Morgan fingerprint density at radius 1 is 1.21 bits per heavy atom. The van der Waals surface area contributed by atoms with Crippen molar-refractivity contribution in [3.63, 3.8) is 0 Å². The lowest BCUT2D eigenvalue weighted by Gasteiger charge is -2.29. The number of nitrogens with zero attached hydrogens (tertiary/aromatic N) is 2. The smallest absolute Gasteiger partial charge is 0.213 e. The Kier molecular flexibility index (Phi) is 5.40. The Balaban J connectivity index is 1.56. The fraction of sp³-hybridized carbons (Fsp3) is 0.318. The average Bonchev–Trinajstić information content (AvgIpc) is 3.36. The van der Waals surface area contributed by atoms with Gasteiger partial charge in [-0.1, -0.05) is 18.5 Å². The molecule has 0 spiro atoms. The fourth-order valence-corrected chi connectivity index (χ4v) is 3.42. The van der Waals surface area contributed by atoms with E-state index in [2.05, 4.69) is 11.9 Å². The summed E-state index contributed by atoms with van der Waals surface area (Å²) < 4.78 is 20.4. The Bertz CT molecular complexity index is 927. The SMILES string of the molecule is CCC1COC(Cn2ccnc2)(c2ccc(Oc3ccc(Cl)c(C)c3)cc2)O1. The minimum absolute atomic E-state index is 0.0801. The molecule has 2 aromatic carbocycles. The molecule has 0 N–H and O–H groups in total. The van der Waals surface area contributed by atoms with E-state index in [0.29, 0.717) is 13.2 Å². The van der Waals surface area contributed by atoms with Crippen LogP contribution < -0.4 is 4.74 Å². The van der Waals surface area contributed by atoms with Gasteiger partial charge in [-0.3, -0.25) is 0 Å². The van der Waals surface area contributed by atoms with Gasteiger partial charge in [0.1, 0.15) is 11.5 Å². The lowest BCUT2D eigenvalue weighted by Crippen LogP contribution is -2.33. The first-order valence-electron chi connectivity index (χ1n) is 9.40. The van der Waals surface area contributed by atoms with Crippen LogP contribution in [0.5, 0.6) is 11.5 Å². The van der Waals surface area contributed by atoms with Gasteiger partial charge in [0.05, 0.1) is 25.6 Å². The van der Waals surface area contributed by atoms with Gasteiger partial charge in [0.15, 0.2) is 0 Å². The Hall–Kier alpha value is -2.34. The highest BCUT2D eigenvalue weighted by molar-refractivity contribution is 6.31. The Morgan fingerprint density at radius 2 is 2.00 bits per heavy atom. The number of rotatable bonds is 6. The summed E-state index contributed by atoms with van der Waals surface area (Å²) in [7, 11) is 0. The highest BCUT2D eigenvalue weighted by Crippen LogP contribution is 2.38. The zero-order valence-corrected chi connectivity index (χ0v) is 16.7. The van der Waals surface area contributed by atoms with Crippen LogP contribution in [0, 0.1) is 6.92 Å². The molecular formula is C22H23ClN2O3. The minimum atomic E-state index is -0.823. The van der Waals surface area contributed by atoms with Crippen molar-refractivity contribution in [2.45, 2.75) is 38.7 Å². The molecule has 1 fully saturated rings. The van der Waals surface area contributed by atoms with Gasteiger partial charge in [-0.2, -0.15) is 0 Å². The van der Waals surface area contributed by atoms with Crippen LogP contribution in [0.1, 0.15) is 24.5 Å². The lowest BCUT2D eigenvalue weighted by molar-refractivity contribution is -0.187. The van der Waals surface area contributed by atoms with Crippen molar-refractivity contribution in [1.82, 2.24) is 9.55 Å². The van der Waals surface area contributed by atoms with E-state index in [1.807, 2.05) is 60.2 Å². The molecule has 28 heavy (non-hydrogen) atoms. The van der Waals surface area contributed by atoms with Gasteiger partial charge >= 0.3 is 0 Å². The van der Waals surface area contributed by atoms with Gasteiger partial charge in [0.25, 0.3) is 0 Å². The van der Waals surface area contributed by atoms with Crippen molar-refractivity contribution in [2.75, 3.05) is 6.61 Å². The molecule has 2 atom stereocenters. The number of hydrogen-bond acceptors (Lipinski definition) is 4. The zero-order valence-electron chi connectivity index (χ0n) is 16.0. The van der Waals surface area contributed by atoms with E-state index in [1.165, 1.54) is 0 Å². The van der Waals surface area contributed by atoms with Crippen molar-refractivity contribution in [2.24, 2.45) is 0 Å². The van der Waals surface area contributed by atoms with Crippen molar-refractivity contribution in [3.05, 3.63) is 77.3 Å². The molecule has 6 heteroatoms. The van der Waals surface area contributed by atoms with Crippen LogP contribution in [0.2, 0.25) is 5.02 Å². The number of ether oxygens (including phenoxy) is 3. The van der Waals surface area contributed by atoms with E-state index < -0.39 is 5.79 Å². The second-order valence-electron chi connectivity index (χ2n) is 6.98. The molecule has 0 bridgehead atoms. The summed E-state index contributed by atoms with van der Waals surface area (Å²) in [5, 5.41) is 0.727. The summed E-state index contributed by atoms with van der Waals surface area (Å²) in [6.45, 7) is 5.18. The molecule has 1 aromatic heterocycles. The highest BCUT2D eigenvalue weighted by atomic mass is 35.5. The zero-order chi connectivity index (χ0) is 19.6. The first-order valence-corrected chi connectivity index (χ1v) is 9.78. The number of benzene rings is 2. The number of hydrogen-bond donors (Lipinski definition) is 0. The second-order valence-corrected chi connectivity index (χ2v) is 7.39. The molecule has 2 heterocycles. The van der Waals surface area contributed by atoms with Crippen LogP contribution in [-0.4, -0.2) is 22.3 Å². The molecule has 0 saturated carbocycles. The Morgan fingerprint density at radius 3 is 2.64 bits per heavy atom. The number of halogens is 1. The third kappa shape index (κ3) is 3.92. The highest BCUT2D eigenvalue weighted by Gasteiger charge is 2.43. The number of aryl methyl sites for hydroxylation is 1. The van der Waals surface area contributed by atoms with Crippen LogP contribution in [0.3, 0.4) is 0 Å². The normalized spacial score (nSPS) is 21.8. The van der Waals surface area contributed by atoms with Crippen molar-refractivity contribution < 1.29 is 14.2 Å². The molecule has 0 aliphatic carbocycles. The van der Waals surface area contributed by atoms with Gasteiger partial charge in [0.2, 0.25) is 5.79 Å². The number of aromatic nitrogens is 2. The topological polar surface area (TPSA) is 45.5 Å². The summed E-state index contributed by atoms with van der Waals surface area (Å²) in [4.78, 5) is 4.12. The third-order valence-corrected chi connectivity index (χ3v) is 5.35. The molecule has 4 rings (SSSR count). The molecule has 1 aliphatic heterocycles. The maximum absolute atomic E-state index is 6.32. The maximum atomic E-state index is 6.32. The third-order valence-electron chi connectivity index (χ3n) is 4.92. The maximum Gasteiger partial charge on any atom is 0.213 e. The van der Waals surface area contributed by atoms with Crippen LogP contribution in [0.4, 0.5) is 0 Å². The van der Waals surface area contributed by atoms with Crippen molar-refractivity contribution in [3.8, 4) is 11.5 Å². The Labute approximate surface area is 169 Å².